The Bertz CT molecular complexity index is 1270. The zero-order valence-corrected chi connectivity index (χ0v) is 20.3. The molecule has 35 heavy (non-hydrogen) atoms. The minimum absolute atomic E-state index is 0.119. The molecule has 2 aromatic carbocycles. The van der Waals surface area contributed by atoms with Crippen LogP contribution in [0.4, 0.5) is 0 Å². The van der Waals surface area contributed by atoms with Crippen LogP contribution in [0.1, 0.15) is 44.6 Å². The van der Waals surface area contributed by atoms with E-state index in [0.717, 1.165) is 16.7 Å². The largest absolute Gasteiger partial charge is 0.497 e. The maximum Gasteiger partial charge on any atom is 0.272 e. The molecule has 9 nitrogen and oxygen atoms in total. The van der Waals surface area contributed by atoms with Gasteiger partial charge in [0.25, 0.3) is 11.8 Å². The van der Waals surface area contributed by atoms with Crippen molar-refractivity contribution >= 4 is 17.7 Å². The van der Waals surface area contributed by atoms with E-state index in [4.69, 9.17) is 4.74 Å². The van der Waals surface area contributed by atoms with Gasteiger partial charge in [-0.2, -0.15) is 5.10 Å². The molecule has 0 aliphatic carbocycles. The van der Waals surface area contributed by atoms with E-state index in [0.29, 0.717) is 12.3 Å². The number of rotatable bonds is 7. The van der Waals surface area contributed by atoms with Crippen LogP contribution in [0.25, 0.3) is 0 Å². The molecule has 0 spiro atoms. The van der Waals surface area contributed by atoms with Crippen molar-refractivity contribution in [3.63, 3.8) is 0 Å². The summed E-state index contributed by atoms with van der Waals surface area (Å²) in [4.78, 5) is 40.4. The molecule has 1 aliphatic rings. The lowest BCUT2D eigenvalue weighted by Crippen LogP contribution is -2.62. The highest BCUT2D eigenvalue weighted by molar-refractivity contribution is 6.01. The van der Waals surface area contributed by atoms with Gasteiger partial charge in [0.05, 0.1) is 13.7 Å². The van der Waals surface area contributed by atoms with Gasteiger partial charge in [-0.15, -0.1) is 0 Å². The zero-order chi connectivity index (χ0) is 25.2. The van der Waals surface area contributed by atoms with E-state index in [2.05, 4.69) is 15.7 Å². The molecule has 3 aromatic rings. The Labute approximate surface area is 204 Å². The van der Waals surface area contributed by atoms with Gasteiger partial charge in [0.1, 0.15) is 17.0 Å². The molecule has 0 radical (unpaired) electrons. The van der Waals surface area contributed by atoms with E-state index in [9.17, 15) is 14.4 Å². The van der Waals surface area contributed by atoms with Crippen LogP contribution in [-0.4, -0.2) is 52.1 Å². The van der Waals surface area contributed by atoms with Gasteiger partial charge in [-0.3, -0.25) is 19.1 Å². The van der Waals surface area contributed by atoms with E-state index in [1.165, 1.54) is 15.6 Å². The third-order valence-corrected chi connectivity index (χ3v) is 6.38. The Kier molecular flexibility index (Phi) is 6.59. The molecule has 0 saturated carbocycles. The lowest BCUT2D eigenvalue weighted by molar-refractivity contribution is -0.132. The van der Waals surface area contributed by atoms with Gasteiger partial charge >= 0.3 is 0 Å². The smallest absolute Gasteiger partial charge is 0.272 e. The van der Waals surface area contributed by atoms with Gasteiger partial charge in [0.15, 0.2) is 5.69 Å². The third kappa shape index (κ3) is 4.89. The van der Waals surface area contributed by atoms with Crippen LogP contribution in [0.5, 0.6) is 5.75 Å². The summed E-state index contributed by atoms with van der Waals surface area (Å²) in [5.74, 6) is -0.374. The molecular weight excluding hydrogens is 446 g/mol. The molecule has 0 unspecified atom stereocenters. The summed E-state index contributed by atoms with van der Waals surface area (Å²) in [6.45, 7) is 4.46. The monoisotopic (exact) mass is 475 g/mol. The van der Waals surface area contributed by atoms with Crippen molar-refractivity contribution in [2.24, 2.45) is 0 Å². The first kappa shape index (κ1) is 24.0. The average Bonchev–Trinajstić information content (AvgIpc) is 3.29. The summed E-state index contributed by atoms with van der Waals surface area (Å²) in [6, 6.07) is 16.7. The lowest BCUT2D eigenvalue weighted by atomic mass is 9.95. The summed E-state index contributed by atoms with van der Waals surface area (Å²) in [7, 11) is 3.17. The maximum atomic E-state index is 13.1. The highest BCUT2D eigenvalue weighted by Crippen LogP contribution is 2.26. The van der Waals surface area contributed by atoms with Crippen LogP contribution in [0.15, 0.2) is 54.6 Å². The minimum Gasteiger partial charge on any atom is -0.497 e. The van der Waals surface area contributed by atoms with Gasteiger partial charge in [0, 0.05) is 26.2 Å². The van der Waals surface area contributed by atoms with Crippen molar-refractivity contribution in [2.45, 2.75) is 39.0 Å². The highest BCUT2D eigenvalue weighted by atomic mass is 16.5. The summed E-state index contributed by atoms with van der Waals surface area (Å²) in [5.41, 5.74) is 2.20. The number of fused-ring (bicyclic) bond motifs is 1. The fourth-order valence-corrected chi connectivity index (χ4v) is 3.97. The standard InChI is InChI=1S/C26H29N5O4/c1-17-8-10-18(11-9-17)14-28-25(34)26(2)16-31-22(24(33)30(26)3)13-21(29-31)23(32)27-15-19-6-5-7-20(12-19)35-4/h5-13H,14-16H2,1-4H3,(H,27,32)(H,28,34)/t26-/m0/s1. The van der Waals surface area contributed by atoms with Crippen molar-refractivity contribution in [3.05, 3.63) is 82.7 Å². The number of nitrogens with zero attached hydrogens (tertiary/aromatic N) is 3. The minimum atomic E-state index is -1.16. The number of ether oxygens (including phenoxy) is 1. The first-order valence-electron chi connectivity index (χ1n) is 11.3. The Morgan fingerprint density at radius 3 is 2.49 bits per heavy atom. The Balaban J connectivity index is 1.45. The van der Waals surface area contributed by atoms with Crippen LogP contribution >= 0.6 is 0 Å². The molecule has 3 amide bonds. The molecule has 0 bridgehead atoms. The number of aryl methyl sites for hydroxylation is 1. The Hall–Kier alpha value is -4.14. The van der Waals surface area contributed by atoms with Crippen LogP contribution < -0.4 is 15.4 Å². The van der Waals surface area contributed by atoms with Gasteiger partial charge in [-0.25, -0.2) is 0 Å². The number of amides is 3. The van der Waals surface area contributed by atoms with Crippen molar-refractivity contribution in [1.29, 1.82) is 0 Å². The van der Waals surface area contributed by atoms with E-state index < -0.39 is 11.4 Å². The van der Waals surface area contributed by atoms with E-state index >= 15 is 0 Å². The van der Waals surface area contributed by atoms with Crippen molar-refractivity contribution in [3.8, 4) is 5.75 Å². The summed E-state index contributed by atoms with van der Waals surface area (Å²) >= 11 is 0. The molecule has 1 aromatic heterocycles. The zero-order valence-electron chi connectivity index (χ0n) is 20.3. The summed E-state index contributed by atoms with van der Waals surface area (Å²) < 4.78 is 6.64. The second kappa shape index (κ2) is 9.61. The topological polar surface area (TPSA) is 106 Å². The molecule has 4 rings (SSSR count). The number of hydrogen-bond acceptors (Lipinski definition) is 5. The number of benzene rings is 2. The first-order valence-corrected chi connectivity index (χ1v) is 11.3. The molecule has 0 fully saturated rings. The van der Waals surface area contributed by atoms with E-state index in [1.54, 1.807) is 21.1 Å². The number of aromatic nitrogens is 2. The first-order chi connectivity index (χ1) is 16.7. The number of likely N-dealkylation sites (N-methyl/N-ethyl adjacent to an activating group) is 1. The van der Waals surface area contributed by atoms with Gasteiger partial charge in [-0.05, 0) is 37.1 Å². The maximum absolute atomic E-state index is 13.1. The highest BCUT2D eigenvalue weighted by Gasteiger charge is 2.46. The average molecular weight is 476 g/mol. The lowest BCUT2D eigenvalue weighted by Gasteiger charge is -2.40. The predicted molar refractivity (Wildman–Crippen MR) is 130 cm³/mol. The molecule has 182 valence electrons. The molecule has 1 aliphatic heterocycles. The SMILES string of the molecule is COc1cccc(CNC(=O)c2cc3n(n2)C[C@@](C)(C(=O)NCc2ccc(C)cc2)N(C)C3=O)c1. The number of carbonyl (C=O) groups excluding carboxylic acids is 3. The number of nitrogens with one attached hydrogen (secondary N) is 2. The second-order valence-electron chi connectivity index (χ2n) is 8.91. The third-order valence-electron chi connectivity index (χ3n) is 6.38. The Morgan fingerprint density at radius 1 is 1.06 bits per heavy atom. The molecular formula is C26H29N5O4. The summed E-state index contributed by atoms with van der Waals surface area (Å²) in [6.07, 6.45) is 0. The molecule has 1 atom stereocenters. The van der Waals surface area contributed by atoms with Gasteiger partial charge in [-0.1, -0.05) is 42.0 Å². The quantitative estimate of drug-likeness (QED) is 0.546. The van der Waals surface area contributed by atoms with Crippen LogP contribution in [0.3, 0.4) is 0 Å². The van der Waals surface area contributed by atoms with Gasteiger partial charge in [0.2, 0.25) is 5.91 Å². The molecule has 2 heterocycles. The predicted octanol–water partition coefficient (Wildman–Crippen LogP) is 2.29. The number of methoxy groups -OCH3 is 1. The summed E-state index contributed by atoms with van der Waals surface area (Å²) in [5, 5.41) is 10.1. The van der Waals surface area contributed by atoms with Crippen LogP contribution in [0.2, 0.25) is 0 Å². The van der Waals surface area contributed by atoms with E-state index in [1.807, 2.05) is 55.5 Å². The number of hydrogen-bond donors (Lipinski definition) is 2. The van der Waals surface area contributed by atoms with Crippen LogP contribution in [0, 0.1) is 6.92 Å². The molecule has 2 N–H and O–H groups in total. The van der Waals surface area contributed by atoms with Gasteiger partial charge < -0.3 is 20.3 Å². The van der Waals surface area contributed by atoms with Crippen molar-refractivity contribution in [2.75, 3.05) is 14.2 Å². The Morgan fingerprint density at radius 2 is 1.77 bits per heavy atom. The normalized spacial score (nSPS) is 17.0. The number of carbonyl (C=O) groups is 3. The molecule has 9 heteroatoms. The second-order valence-corrected chi connectivity index (χ2v) is 8.91. The fraction of sp³-hybridized carbons (Fsp3) is 0.308. The van der Waals surface area contributed by atoms with Crippen molar-refractivity contribution < 1.29 is 19.1 Å². The fourth-order valence-electron chi connectivity index (χ4n) is 3.97. The van der Waals surface area contributed by atoms with Crippen molar-refractivity contribution in [1.82, 2.24) is 25.3 Å². The molecule has 0 saturated heterocycles. The van der Waals surface area contributed by atoms with E-state index in [-0.39, 0.29) is 36.3 Å². The van der Waals surface area contributed by atoms with Crippen LogP contribution in [-0.2, 0) is 24.4 Å².